The van der Waals surface area contributed by atoms with Gasteiger partial charge in [-0.1, -0.05) is 6.07 Å². The van der Waals surface area contributed by atoms with Gasteiger partial charge in [-0.15, -0.1) is 10.2 Å². The first-order chi connectivity index (χ1) is 14.7. The molecule has 0 atom stereocenters. The summed E-state index contributed by atoms with van der Waals surface area (Å²) in [7, 11) is 3.14. The third kappa shape index (κ3) is 4.17. The number of methoxy groups -OCH3 is 2. The fourth-order valence-corrected chi connectivity index (χ4v) is 3.40. The van der Waals surface area contributed by atoms with Gasteiger partial charge >= 0.3 is 0 Å². The van der Waals surface area contributed by atoms with Crippen LogP contribution in [0, 0.1) is 0 Å². The number of hydrogen-bond donors (Lipinski definition) is 0. The summed E-state index contributed by atoms with van der Waals surface area (Å²) in [6.07, 6.45) is 1.74. The van der Waals surface area contributed by atoms with Crippen LogP contribution in [0.5, 0.6) is 11.5 Å². The standard InChI is InChI=1S/C22H23N5O3/c1-29-17-13-16(14-18(15-17)30-2)22(28)27-11-9-26(10-12-27)21-7-6-20(24-25-21)19-5-3-4-8-23-19/h3-8,13-15H,9-12H2,1-2H3. The number of carbonyl (C=O) groups excluding carboxylic acids is 1. The van der Waals surface area contributed by atoms with Gasteiger partial charge in [0.25, 0.3) is 5.91 Å². The van der Waals surface area contributed by atoms with E-state index in [-0.39, 0.29) is 5.91 Å². The average Bonchev–Trinajstić information content (AvgIpc) is 2.84. The molecule has 1 aliphatic rings. The molecule has 0 aliphatic carbocycles. The average molecular weight is 405 g/mol. The highest BCUT2D eigenvalue weighted by Crippen LogP contribution is 2.24. The highest BCUT2D eigenvalue weighted by Gasteiger charge is 2.24. The summed E-state index contributed by atoms with van der Waals surface area (Å²) in [4.78, 5) is 21.2. The van der Waals surface area contributed by atoms with E-state index >= 15 is 0 Å². The lowest BCUT2D eigenvalue weighted by molar-refractivity contribution is 0.0745. The number of aromatic nitrogens is 3. The maximum atomic E-state index is 12.9. The predicted molar refractivity (Wildman–Crippen MR) is 113 cm³/mol. The number of carbonyl (C=O) groups is 1. The number of nitrogens with zero attached hydrogens (tertiary/aromatic N) is 5. The van der Waals surface area contributed by atoms with Gasteiger partial charge < -0.3 is 19.3 Å². The molecule has 0 radical (unpaired) electrons. The Morgan fingerprint density at radius 2 is 1.60 bits per heavy atom. The summed E-state index contributed by atoms with van der Waals surface area (Å²) < 4.78 is 10.5. The molecule has 0 unspecified atom stereocenters. The Hall–Kier alpha value is -3.68. The van der Waals surface area contributed by atoms with Crippen LogP contribution in [0.3, 0.4) is 0 Å². The van der Waals surface area contributed by atoms with Gasteiger partial charge in [0.15, 0.2) is 5.82 Å². The van der Waals surface area contributed by atoms with E-state index in [9.17, 15) is 4.79 Å². The van der Waals surface area contributed by atoms with Crippen LogP contribution in [0.2, 0.25) is 0 Å². The molecule has 1 aliphatic heterocycles. The largest absolute Gasteiger partial charge is 0.497 e. The SMILES string of the molecule is COc1cc(OC)cc(C(=O)N2CCN(c3ccc(-c4ccccn4)nn3)CC2)c1. The molecule has 4 rings (SSSR count). The van der Waals surface area contributed by atoms with Gasteiger partial charge in [-0.3, -0.25) is 9.78 Å². The summed E-state index contributed by atoms with van der Waals surface area (Å²) >= 11 is 0. The first-order valence-corrected chi connectivity index (χ1v) is 9.70. The van der Waals surface area contributed by atoms with Crippen molar-refractivity contribution in [1.29, 1.82) is 0 Å². The number of hydrogen-bond acceptors (Lipinski definition) is 7. The first-order valence-electron chi connectivity index (χ1n) is 9.70. The van der Waals surface area contributed by atoms with Crippen molar-refractivity contribution < 1.29 is 14.3 Å². The van der Waals surface area contributed by atoms with Crippen molar-refractivity contribution in [3.05, 3.63) is 60.3 Å². The predicted octanol–water partition coefficient (Wildman–Crippen LogP) is 2.52. The van der Waals surface area contributed by atoms with Crippen molar-refractivity contribution in [1.82, 2.24) is 20.1 Å². The minimum Gasteiger partial charge on any atom is -0.497 e. The highest BCUT2D eigenvalue weighted by atomic mass is 16.5. The van der Waals surface area contributed by atoms with Crippen LogP contribution in [0.4, 0.5) is 5.82 Å². The van der Waals surface area contributed by atoms with Crippen LogP contribution in [0.1, 0.15) is 10.4 Å². The second-order valence-corrected chi connectivity index (χ2v) is 6.87. The fraction of sp³-hybridized carbons (Fsp3) is 0.273. The number of piperazine rings is 1. The second kappa shape index (κ2) is 8.77. The van der Waals surface area contributed by atoms with E-state index < -0.39 is 0 Å². The van der Waals surface area contributed by atoms with Gasteiger partial charge in [-0.2, -0.15) is 0 Å². The van der Waals surface area contributed by atoms with Crippen molar-refractivity contribution in [2.75, 3.05) is 45.3 Å². The van der Waals surface area contributed by atoms with E-state index in [0.29, 0.717) is 43.2 Å². The Kier molecular flexibility index (Phi) is 5.74. The van der Waals surface area contributed by atoms with Crippen LogP contribution in [-0.2, 0) is 0 Å². The molecule has 30 heavy (non-hydrogen) atoms. The molecule has 8 nitrogen and oxygen atoms in total. The summed E-state index contributed by atoms with van der Waals surface area (Å²) in [6.45, 7) is 2.57. The molecule has 2 aromatic heterocycles. The summed E-state index contributed by atoms with van der Waals surface area (Å²) in [5.41, 5.74) is 2.08. The summed E-state index contributed by atoms with van der Waals surface area (Å²) in [5, 5.41) is 8.65. The monoisotopic (exact) mass is 405 g/mol. The lowest BCUT2D eigenvalue weighted by Gasteiger charge is -2.35. The third-order valence-electron chi connectivity index (χ3n) is 5.07. The molecule has 0 saturated carbocycles. The zero-order valence-corrected chi connectivity index (χ0v) is 17.0. The number of anilines is 1. The molecular formula is C22H23N5O3. The van der Waals surface area contributed by atoms with Crippen molar-refractivity contribution in [3.8, 4) is 22.9 Å². The van der Waals surface area contributed by atoms with Crippen molar-refractivity contribution in [2.45, 2.75) is 0 Å². The van der Waals surface area contributed by atoms with Crippen LogP contribution in [0.15, 0.2) is 54.7 Å². The molecule has 154 valence electrons. The van der Waals surface area contributed by atoms with Gasteiger partial charge in [-0.05, 0) is 36.4 Å². The second-order valence-electron chi connectivity index (χ2n) is 6.87. The lowest BCUT2D eigenvalue weighted by atomic mass is 10.1. The summed E-state index contributed by atoms with van der Waals surface area (Å²) in [6, 6.07) is 14.8. The van der Waals surface area contributed by atoms with E-state index in [1.807, 2.05) is 35.2 Å². The number of benzene rings is 1. The number of amides is 1. The molecule has 1 aromatic carbocycles. The fourth-order valence-electron chi connectivity index (χ4n) is 3.40. The Morgan fingerprint density at radius 1 is 0.867 bits per heavy atom. The molecule has 0 N–H and O–H groups in total. The third-order valence-corrected chi connectivity index (χ3v) is 5.07. The maximum Gasteiger partial charge on any atom is 0.254 e. The van der Waals surface area contributed by atoms with Gasteiger partial charge in [0, 0.05) is 44.0 Å². The van der Waals surface area contributed by atoms with E-state index in [4.69, 9.17) is 9.47 Å². The van der Waals surface area contributed by atoms with Gasteiger partial charge in [-0.25, -0.2) is 0 Å². The molecule has 3 aromatic rings. The first kappa shape index (κ1) is 19.6. The van der Waals surface area contributed by atoms with Crippen molar-refractivity contribution >= 4 is 11.7 Å². The van der Waals surface area contributed by atoms with Gasteiger partial charge in [0.2, 0.25) is 0 Å². The molecule has 1 fully saturated rings. The zero-order valence-electron chi connectivity index (χ0n) is 17.0. The van der Waals surface area contributed by atoms with E-state index in [1.54, 1.807) is 38.6 Å². The number of ether oxygens (including phenoxy) is 2. The Labute approximate surface area is 175 Å². The van der Waals surface area contributed by atoms with Crippen LogP contribution in [-0.4, -0.2) is 66.4 Å². The smallest absolute Gasteiger partial charge is 0.254 e. The molecular weight excluding hydrogens is 382 g/mol. The minimum absolute atomic E-state index is 0.0385. The van der Waals surface area contributed by atoms with Crippen LogP contribution < -0.4 is 14.4 Å². The zero-order chi connectivity index (χ0) is 20.9. The van der Waals surface area contributed by atoms with Crippen LogP contribution >= 0.6 is 0 Å². The Balaban J connectivity index is 1.41. The normalized spacial score (nSPS) is 13.8. The molecule has 1 amide bonds. The lowest BCUT2D eigenvalue weighted by Crippen LogP contribution is -2.49. The Morgan fingerprint density at radius 3 is 2.17 bits per heavy atom. The summed E-state index contributed by atoms with van der Waals surface area (Å²) in [5.74, 6) is 1.95. The molecule has 3 heterocycles. The van der Waals surface area contributed by atoms with Gasteiger partial charge in [0.05, 0.1) is 19.9 Å². The highest BCUT2D eigenvalue weighted by molar-refractivity contribution is 5.95. The Bertz CT molecular complexity index is 981. The molecule has 8 heteroatoms. The van der Waals surface area contributed by atoms with Crippen molar-refractivity contribution in [3.63, 3.8) is 0 Å². The number of pyridine rings is 1. The quantitative estimate of drug-likeness (QED) is 0.645. The molecule has 0 bridgehead atoms. The van der Waals surface area contributed by atoms with Crippen LogP contribution in [0.25, 0.3) is 11.4 Å². The number of rotatable bonds is 5. The maximum absolute atomic E-state index is 12.9. The minimum atomic E-state index is -0.0385. The molecule has 1 saturated heterocycles. The van der Waals surface area contributed by atoms with Gasteiger partial charge in [0.1, 0.15) is 17.2 Å². The van der Waals surface area contributed by atoms with E-state index in [0.717, 1.165) is 17.2 Å². The molecule has 0 spiro atoms. The topological polar surface area (TPSA) is 80.7 Å². The van der Waals surface area contributed by atoms with E-state index in [1.165, 1.54) is 0 Å². The van der Waals surface area contributed by atoms with E-state index in [2.05, 4.69) is 20.1 Å². The van der Waals surface area contributed by atoms with Crippen molar-refractivity contribution in [2.24, 2.45) is 0 Å².